The molecule has 2 aromatic carbocycles. The molecule has 4 N–H and O–H groups in total. The molecule has 2 aromatic rings. The Hall–Kier alpha value is -3.06. The average Bonchev–Trinajstić information content (AvgIpc) is 2.68. The predicted molar refractivity (Wildman–Crippen MR) is 109 cm³/mol. The highest BCUT2D eigenvalue weighted by atomic mass is 16.5. The third kappa shape index (κ3) is 6.28. The molecular formula is C21H28N4O3. The zero-order chi connectivity index (χ0) is 20.5. The number of ether oxygens (including phenoxy) is 1. The molecular weight excluding hydrogens is 356 g/mol. The first-order chi connectivity index (χ1) is 13.4. The minimum absolute atomic E-state index is 0.0270. The maximum Gasteiger partial charge on any atom is 0.312 e. The van der Waals surface area contributed by atoms with Crippen LogP contribution in [0.3, 0.4) is 0 Å². The number of urea groups is 1. The van der Waals surface area contributed by atoms with Crippen molar-refractivity contribution in [2.75, 3.05) is 27.7 Å². The van der Waals surface area contributed by atoms with Gasteiger partial charge in [-0.25, -0.2) is 4.79 Å². The van der Waals surface area contributed by atoms with Gasteiger partial charge in [0.2, 0.25) is 5.91 Å². The van der Waals surface area contributed by atoms with Crippen molar-refractivity contribution >= 4 is 11.9 Å². The number of hydrogen-bond acceptors (Lipinski definition) is 4. The van der Waals surface area contributed by atoms with E-state index in [0.717, 1.165) is 16.9 Å². The van der Waals surface area contributed by atoms with Gasteiger partial charge in [-0.3, -0.25) is 4.79 Å². The van der Waals surface area contributed by atoms with Crippen LogP contribution in [0.25, 0.3) is 0 Å². The molecule has 150 valence electrons. The first-order valence-electron chi connectivity index (χ1n) is 9.08. The van der Waals surface area contributed by atoms with Gasteiger partial charge in [0.15, 0.2) is 0 Å². The molecule has 7 nitrogen and oxygen atoms in total. The Kier molecular flexibility index (Phi) is 7.83. The minimum atomic E-state index is -0.737. The van der Waals surface area contributed by atoms with Gasteiger partial charge in [-0.2, -0.15) is 0 Å². The molecule has 0 heterocycles. The van der Waals surface area contributed by atoms with E-state index in [2.05, 4.69) is 10.6 Å². The second kappa shape index (κ2) is 10.3. The Balaban J connectivity index is 2.06. The Morgan fingerprint density at radius 1 is 1.07 bits per heavy atom. The van der Waals surface area contributed by atoms with Gasteiger partial charge < -0.3 is 26.0 Å². The molecule has 0 aliphatic heterocycles. The molecule has 0 aromatic heterocycles. The molecule has 0 saturated carbocycles. The van der Waals surface area contributed by atoms with E-state index < -0.39 is 12.1 Å². The van der Waals surface area contributed by atoms with Crippen molar-refractivity contribution in [3.8, 4) is 5.75 Å². The topological polar surface area (TPSA) is 96.7 Å². The molecule has 3 amide bonds. The summed E-state index contributed by atoms with van der Waals surface area (Å²) in [5, 5.41) is 5.47. The van der Waals surface area contributed by atoms with E-state index in [-0.39, 0.29) is 11.9 Å². The Bertz CT molecular complexity index is 763. The zero-order valence-corrected chi connectivity index (χ0v) is 16.5. The molecule has 0 aliphatic carbocycles. The van der Waals surface area contributed by atoms with Crippen molar-refractivity contribution in [2.45, 2.75) is 18.5 Å². The van der Waals surface area contributed by atoms with E-state index in [0.29, 0.717) is 13.0 Å². The molecule has 0 radical (unpaired) electrons. The second-order valence-electron chi connectivity index (χ2n) is 6.75. The van der Waals surface area contributed by atoms with Crippen LogP contribution in [0, 0.1) is 0 Å². The van der Waals surface area contributed by atoms with E-state index in [1.165, 1.54) is 0 Å². The van der Waals surface area contributed by atoms with E-state index in [9.17, 15) is 9.59 Å². The van der Waals surface area contributed by atoms with Crippen LogP contribution < -0.4 is 21.1 Å². The number of carbonyl (C=O) groups is 2. The second-order valence-corrected chi connectivity index (χ2v) is 6.75. The quantitative estimate of drug-likeness (QED) is 0.613. The fourth-order valence-corrected chi connectivity index (χ4v) is 2.98. The highest BCUT2D eigenvalue weighted by Crippen LogP contribution is 2.20. The lowest BCUT2D eigenvalue weighted by atomic mass is 10.0. The van der Waals surface area contributed by atoms with E-state index in [1.807, 2.05) is 73.6 Å². The van der Waals surface area contributed by atoms with Crippen LogP contribution in [0.5, 0.6) is 5.75 Å². The molecule has 7 heteroatoms. The molecule has 2 atom stereocenters. The molecule has 28 heavy (non-hydrogen) atoms. The summed E-state index contributed by atoms with van der Waals surface area (Å²) < 4.78 is 5.20. The fourth-order valence-electron chi connectivity index (χ4n) is 2.98. The van der Waals surface area contributed by atoms with E-state index in [4.69, 9.17) is 10.5 Å². The predicted octanol–water partition coefficient (Wildman–Crippen LogP) is 1.69. The maximum absolute atomic E-state index is 12.7. The van der Waals surface area contributed by atoms with Gasteiger partial charge >= 0.3 is 6.03 Å². The number of nitrogens with zero attached hydrogens (tertiary/aromatic N) is 1. The number of nitrogens with two attached hydrogens (primary N) is 1. The monoisotopic (exact) mass is 384 g/mol. The van der Waals surface area contributed by atoms with E-state index in [1.54, 1.807) is 7.11 Å². The van der Waals surface area contributed by atoms with Gasteiger partial charge in [-0.05, 0) is 37.4 Å². The first-order valence-corrected chi connectivity index (χ1v) is 9.08. The third-order valence-corrected chi connectivity index (χ3v) is 4.51. The van der Waals surface area contributed by atoms with Crippen LogP contribution in [0.2, 0.25) is 0 Å². The molecule has 0 saturated heterocycles. The first kappa shape index (κ1) is 21.2. The molecule has 0 fully saturated rings. The fraction of sp³-hybridized carbons (Fsp3) is 0.333. The minimum Gasteiger partial charge on any atom is -0.497 e. The summed E-state index contributed by atoms with van der Waals surface area (Å²) in [5.41, 5.74) is 7.25. The van der Waals surface area contributed by atoms with Gasteiger partial charge in [-0.15, -0.1) is 0 Å². The summed E-state index contributed by atoms with van der Waals surface area (Å²) in [5.74, 6) is 0.502. The van der Waals surface area contributed by atoms with Crippen molar-refractivity contribution in [2.24, 2.45) is 5.73 Å². The smallest absolute Gasteiger partial charge is 0.312 e. The molecule has 0 spiro atoms. The van der Waals surface area contributed by atoms with Crippen LogP contribution in [-0.2, 0) is 11.2 Å². The van der Waals surface area contributed by atoms with Crippen LogP contribution in [0.4, 0.5) is 4.79 Å². The van der Waals surface area contributed by atoms with E-state index >= 15 is 0 Å². The molecule has 2 rings (SSSR count). The number of amides is 3. The van der Waals surface area contributed by atoms with Crippen molar-refractivity contribution in [1.29, 1.82) is 0 Å². The van der Waals surface area contributed by atoms with Crippen LogP contribution in [-0.4, -0.2) is 50.6 Å². The van der Waals surface area contributed by atoms with Crippen molar-refractivity contribution in [3.63, 3.8) is 0 Å². The Labute approximate surface area is 165 Å². The summed E-state index contributed by atoms with van der Waals surface area (Å²) in [6.45, 7) is 0.393. The Morgan fingerprint density at radius 3 is 2.25 bits per heavy atom. The van der Waals surface area contributed by atoms with Gasteiger partial charge in [0.1, 0.15) is 11.8 Å². The van der Waals surface area contributed by atoms with Crippen LogP contribution in [0.15, 0.2) is 54.6 Å². The molecule has 0 unspecified atom stereocenters. The lowest BCUT2D eigenvalue weighted by Crippen LogP contribution is -2.50. The average molecular weight is 384 g/mol. The summed E-state index contributed by atoms with van der Waals surface area (Å²) in [4.78, 5) is 26.1. The molecule has 0 aliphatic rings. The van der Waals surface area contributed by atoms with Crippen LogP contribution >= 0.6 is 0 Å². The number of hydrogen-bond donors (Lipinski definition) is 3. The Morgan fingerprint density at radius 2 is 1.71 bits per heavy atom. The van der Waals surface area contributed by atoms with Gasteiger partial charge in [-0.1, -0.05) is 42.5 Å². The van der Waals surface area contributed by atoms with Crippen molar-refractivity contribution in [3.05, 3.63) is 65.7 Å². The number of carbonyl (C=O) groups excluding carboxylic acids is 2. The summed E-state index contributed by atoms with van der Waals surface area (Å²) in [6.07, 6.45) is 0.366. The lowest BCUT2D eigenvalue weighted by molar-refractivity contribution is -0.123. The summed E-state index contributed by atoms with van der Waals surface area (Å²) in [7, 11) is 5.52. The summed E-state index contributed by atoms with van der Waals surface area (Å²) in [6, 6.07) is 15.7. The number of nitrogens with one attached hydrogen (secondary N) is 2. The number of rotatable bonds is 9. The van der Waals surface area contributed by atoms with Crippen molar-refractivity contribution < 1.29 is 14.3 Å². The van der Waals surface area contributed by atoms with Gasteiger partial charge in [0.25, 0.3) is 0 Å². The van der Waals surface area contributed by atoms with Crippen molar-refractivity contribution in [1.82, 2.24) is 15.5 Å². The maximum atomic E-state index is 12.7. The standard InChI is InChI=1S/C21H28N4O3/c1-25(2)19(16-9-11-17(28-3)12-10-16)14-23-20(26)18(24-21(22)27)13-15-7-5-4-6-8-15/h4-12,18-19H,13-14H2,1-3H3,(H,23,26)(H3,22,24,27)/t18-,19+/m1/s1. The lowest BCUT2D eigenvalue weighted by Gasteiger charge is -2.26. The number of methoxy groups -OCH3 is 1. The number of primary amides is 1. The largest absolute Gasteiger partial charge is 0.497 e. The third-order valence-electron chi connectivity index (χ3n) is 4.51. The summed E-state index contributed by atoms with van der Waals surface area (Å²) >= 11 is 0. The van der Waals surface area contributed by atoms with Gasteiger partial charge in [0.05, 0.1) is 13.2 Å². The van der Waals surface area contributed by atoms with Crippen LogP contribution in [0.1, 0.15) is 17.2 Å². The normalized spacial score (nSPS) is 12.9. The highest BCUT2D eigenvalue weighted by Gasteiger charge is 2.22. The molecule has 0 bridgehead atoms. The zero-order valence-electron chi connectivity index (χ0n) is 16.5. The van der Waals surface area contributed by atoms with Gasteiger partial charge in [0, 0.05) is 13.0 Å². The highest BCUT2D eigenvalue weighted by molar-refractivity contribution is 5.86. The number of benzene rings is 2. The SMILES string of the molecule is COc1ccc([C@H](CNC(=O)[C@@H](Cc2ccccc2)NC(N)=O)N(C)C)cc1. The number of likely N-dealkylation sites (N-methyl/N-ethyl adjacent to an activating group) is 1.